The van der Waals surface area contributed by atoms with E-state index in [1.54, 1.807) is 12.0 Å². The third kappa shape index (κ3) is 2.48. The van der Waals surface area contributed by atoms with Crippen LogP contribution < -0.4 is 0 Å². The summed E-state index contributed by atoms with van der Waals surface area (Å²) in [7, 11) is 0. The lowest BCUT2D eigenvalue weighted by molar-refractivity contribution is -0.00276. The first kappa shape index (κ1) is 14.3. The third-order valence-electron chi connectivity index (χ3n) is 6.68. The molecule has 4 aliphatic rings. The van der Waals surface area contributed by atoms with Crippen LogP contribution in [-0.4, -0.2) is 0 Å². The van der Waals surface area contributed by atoms with Crippen molar-refractivity contribution in [2.24, 2.45) is 23.7 Å². The Balaban J connectivity index is 1.49. The standard InChI is InChI=1S/C22H23Br/c23-21-6-4-16(5-7-21)17-2-1-3-18(13-17)22-19-9-14-8-15(11-19)12-20(22)10-14/h1-7,13-15,19-20,22H,8-12H2. The predicted octanol–water partition coefficient (Wildman–Crippen LogP) is 6.66. The van der Waals surface area contributed by atoms with Crippen LogP contribution in [0, 0.1) is 23.7 Å². The minimum Gasteiger partial charge on any atom is -0.0614 e. The Labute approximate surface area is 147 Å². The van der Waals surface area contributed by atoms with Crippen molar-refractivity contribution in [1.82, 2.24) is 0 Å². The number of hydrogen-bond acceptors (Lipinski definition) is 0. The zero-order chi connectivity index (χ0) is 15.4. The number of halogens is 1. The second-order valence-corrected chi connectivity index (χ2v) is 9.00. The van der Waals surface area contributed by atoms with Crippen molar-refractivity contribution in [2.45, 2.75) is 38.0 Å². The number of hydrogen-bond donors (Lipinski definition) is 0. The van der Waals surface area contributed by atoms with Gasteiger partial charge in [0.1, 0.15) is 0 Å². The van der Waals surface area contributed by atoms with E-state index in [4.69, 9.17) is 0 Å². The van der Waals surface area contributed by atoms with Crippen LogP contribution in [0.3, 0.4) is 0 Å². The van der Waals surface area contributed by atoms with E-state index in [0.29, 0.717) is 0 Å². The highest BCUT2D eigenvalue weighted by Crippen LogP contribution is 2.59. The largest absolute Gasteiger partial charge is 0.0614 e. The van der Waals surface area contributed by atoms with E-state index in [0.717, 1.165) is 34.1 Å². The van der Waals surface area contributed by atoms with E-state index < -0.39 is 0 Å². The third-order valence-corrected chi connectivity index (χ3v) is 7.20. The molecule has 2 aromatic rings. The normalized spacial score (nSPS) is 34.7. The van der Waals surface area contributed by atoms with Crippen LogP contribution >= 0.6 is 15.9 Å². The summed E-state index contributed by atoms with van der Waals surface area (Å²) in [6, 6.07) is 18.2. The minimum absolute atomic E-state index is 0.832. The van der Waals surface area contributed by atoms with Gasteiger partial charge >= 0.3 is 0 Å². The van der Waals surface area contributed by atoms with Crippen LogP contribution in [0.25, 0.3) is 11.1 Å². The molecule has 0 aliphatic heterocycles. The molecule has 0 aromatic heterocycles. The zero-order valence-corrected chi connectivity index (χ0v) is 15.0. The fourth-order valence-corrected chi connectivity index (χ4v) is 6.30. The second-order valence-electron chi connectivity index (χ2n) is 8.09. The van der Waals surface area contributed by atoms with Crippen molar-refractivity contribution in [3.8, 4) is 11.1 Å². The quantitative estimate of drug-likeness (QED) is 0.557. The van der Waals surface area contributed by atoms with Crippen molar-refractivity contribution >= 4 is 15.9 Å². The van der Waals surface area contributed by atoms with Crippen LogP contribution in [0.4, 0.5) is 0 Å². The molecule has 0 saturated heterocycles. The summed E-state index contributed by atoms with van der Waals surface area (Å²) in [5, 5.41) is 0. The molecule has 4 bridgehead atoms. The van der Waals surface area contributed by atoms with Crippen LogP contribution in [0.5, 0.6) is 0 Å². The molecular weight excluding hydrogens is 344 g/mol. The van der Waals surface area contributed by atoms with Gasteiger partial charge in [0.25, 0.3) is 0 Å². The summed E-state index contributed by atoms with van der Waals surface area (Å²) < 4.78 is 1.15. The van der Waals surface area contributed by atoms with Gasteiger partial charge < -0.3 is 0 Å². The summed E-state index contributed by atoms with van der Waals surface area (Å²) in [6.07, 6.45) is 7.54. The van der Waals surface area contributed by atoms with Gasteiger partial charge in [-0.15, -0.1) is 0 Å². The van der Waals surface area contributed by atoms with Crippen molar-refractivity contribution in [1.29, 1.82) is 0 Å². The maximum absolute atomic E-state index is 3.54. The molecule has 0 unspecified atom stereocenters. The summed E-state index contributed by atoms with van der Waals surface area (Å²) in [4.78, 5) is 0. The van der Waals surface area contributed by atoms with Gasteiger partial charge in [-0.2, -0.15) is 0 Å². The van der Waals surface area contributed by atoms with Gasteiger partial charge in [0.2, 0.25) is 0 Å². The molecule has 23 heavy (non-hydrogen) atoms. The molecule has 4 aliphatic carbocycles. The maximum Gasteiger partial charge on any atom is 0.0175 e. The van der Waals surface area contributed by atoms with E-state index in [2.05, 4.69) is 64.5 Å². The lowest BCUT2D eigenvalue weighted by Crippen LogP contribution is -2.43. The van der Waals surface area contributed by atoms with Crippen molar-refractivity contribution in [3.05, 3.63) is 58.6 Å². The lowest BCUT2D eigenvalue weighted by Gasteiger charge is -2.54. The van der Waals surface area contributed by atoms with E-state index in [1.807, 2.05) is 0 Å². The molecule has 0 N–H and O–H groups in total. The van der Waals surface area contributed by atoms with Gasteiger partial charge in [-0.3, -0.25) is 0 Å². The molecule has 0 nitrogen and oxygen atoms in total. The Bertz CT molecular complexity index is 687. The molecule has 0 atom stereocenters. The van der Waals surface area contributed by atoms with E-state index >= 15 is 0 Å². The smallest absolute Gasteiger partial charge is 0.0175 e. The molecule has 0 spiro atoms. The fourth-order valence-electron chi connectivity index (χ4n) is 6.04. The van der Waals surface area contributed by atoms with E-state index in [-0.39, 0.29) is 0 Å². The molecule has 1 heteroatoms. The molecule has 2 aromatic carbocycles. The summed E-state index contributed by atoms with van der Waals surface area (Å²) in [5.41, 5.74) is 4.32. The summed E-state index contributed by atoms with van der Waals surface area (Å²) in [6.45, 7) is 0. The molecule has 4 saturated carbocycles. The Kier molecular flexibility index (Phi) is 3.40. The molecular formula is C22H23Br. The van der Waals surface area contributed by atoms with Gasteiger partial charge in [0.15, 0.2) is 0 Å². The zero-order valence-electron chi connectivity index (χ0n) is 13.4. The first-order valence-corrected chi connectivity index (χ1v) is 9.91. The van der Waals surface area contributed by atoms with Crippen molar-refractivity contribution < 1.29 is 0 Å². The maximum atomic E-state index is 3.54. The van der Waals surface area contributed by atoms with E-state index in [1.165, 1.54) is 36.8 Å². The highest BCUT2D eigenvalue weighted by Gasteiger charge is 2.48. The van der Waals surface area contributed by atoms with Gasteiger partial charge in [-0.1, -0.05) is 52.3 Å². The average Bonchev–Trinajstić information content (AvgIpc) is 2.55. The first-order chi connectivity index (χ1) is 11.3. The lowest BCUT2D eigenvalue weighted by atomic mass is 9.50. The van der Waals surface area contributed by atoms with Crippen molar-refractivity contribution in [2.75, 3.05) is 0 Å². The van der Waals surface area contributed by atoms with Crippen LogP contribution in [-0.2, 0) is 0 Å². The predicted molar refractivity (Wildman–Crippen MR) is 99.4 cm³/mol. The van der Waals surface area contributed by atoms with Gasteiger partial charge in [-0.25, -0.2) is 0 Å². The van der Waals surface area contributed by atoms with Crippen LogP contribution in [0.15, 0.2) is 53.0 Å². The van der Waals surface area contributed by atoms with Crippen molar-refractivity contribution in [3.63, 3.8) is 0 Å². The molecule has 0 amide bonds. The Morgan fingerprint density at radius 2 is 1.35 bits per heavy atom. The summed E-state index contributed by atoms with van der Waals surface area (Å²) >= 11 is 3.54. The van der Waals surface area contributed by atoms with Gasteiger partial charge in [-0.05, 0) is 90.5 Å². The van der Waals surface area contributed by atoms with Crippen LogP contribution in [0.1, 0.15) is 43.6 Å². The molecule has 118 valence electrons. The number of benzene rings is 2. The van der Waals surface area contributed by atoms with E-state index in [9.17, 15) is 0 Å². The van der Waals surface area contributed by atoms with Crippen LogP contribution in [0.2, 0.25) is 0 Å². The van der Waals surface area contributed by atoms with Gasteiger partial charge in [0, 0.05) is 4.47 Å². The first-order valence-electron chi connectivity index (χ1n) is 9.12. The molecule has 0 heterocycles. The molecule has 4 fully saturated rings. The topological polar surface area (TPSA) is 0 Å². The second kappa shape index (κ2) is 5.48. The average molecular weight is 367 g/mol. The summed E-state index contributed by atoms with van der Waals surface area (Å²) in [5.74, 6) is 4.88. The fraction of sp³-hybridized carbons (Fsp3) is 0.455. The monoisotopic (exact) mass is 366 g/mol. The highest BCUT2D eigenvalue weighted by atomic mass is 79.9. The highest BCUT2D eigenvalue weighted by molar-refractivity contribution is 9.10. The Morgan fingerprint density at radius 1 is 0.696 bits per heavy atom. The van der Waals surface area contributed by atoms with Gasteiger partial charge in [0.05, 0.1) is 0 Å². The SMILES string of the molecule is Brc1ccc(-c2cccc(C3C4CC5CC(C4)CC3C5)c2)cc1. The molecule has 0 radical (unpaired) electrons. The minimum atomic E-state index is 0.832. The Morgan fingerprint density at radius 3 is 2.00 bits per heavy atom. The Hall–Kier alpha value is -1.08. The molecule has 6 rings (SSSR count). The number of rotatable bonds is 2.